The van der Waals surface area contributed by atoms with Crippen LogP contribution in [0.15, 0.2) is 12.0 Å². The summed E-state index contributed by atoms with van der Waals surface area (Å²) in [6.07, 6.45) is 3.06. The summed E-state index contributed by atoms with van der Waals surface area (Å²) in [7, 11) is 0. The van der Waals surface area contributed by atoms with Crippen LogP contribution in [0.3, 0.4) is 0 Å². The minimum Gasteiger partial charge on any atom is -0.505 e. The summed E-state index contributed by atoms with van der Waals surface area (Å²) in [5.74, 6) is -0.209. The van der Waals surface area contributed by atoms with Crippen molar-refractivity contribution in [3.63, 3.8) is 0 Å². The van der Waals surface area contributed by atoms with Gasteiger partial charge in [0.1, 0.15) is 0 Å². The van der Waals surface area contributed by atoms with Crippen LogP contribution in [0.4, 0.5) is 0 Å². The van der Waals surface area contributed by atoms with Gasteiger partial charge in [-0.15, -0.1) is 0 Å². The molecule has 0 spiro atoms. The van der Waals surface area contributed by atoms with Gasteiger partial charge in [0.05, 0.1) is 6.61 Å². The van der Waals surface area contributed by atoms with E-state index < -0.39 is 0 Å². The van der Waals surface area contributed by atoms with Crippen LogP contribution >= 0.6 is 0 Å². The molecule has 0 rings (SSSR count). The molecule has 78 valence electrons. The molecular formula is C9H15N2O3+. The van der Waals surface area contributed by atoms with Crippen LogP contribution in [0.5, 0.6) is 0 Å². The van der Waals surface area contributed by atoms with Crippen molar-refractivity contribution in [1.82, 2.24) is 0 Å². The summed E-state index contributed by atoms with van der Waals surface area (Å²) >= 11 is 0. The molecular weight excluding hydrogens is 184 g/mol. The second-order valence-electron chi connectivity index (χ2n) is 2.75. The molecule has 0 saturated heterocycles. The van der Waals surface area contributed by atoms with Gasteiger partial charge < -0.3 is 9.84 Å². The average molecular weight is 199 g/mol. The molecule has 0 aromatic rings. The van der Waals surface area contributed by atoms with Crippen LogP contribution in [0.2, 0.25) is 0 Å². The molecule has 0 heterocycles. The Morgan fingerprint density at radius 1 is 1.50 bits per heavy atom. The van der Waals surface area contributed by atoms with Gasteiger partial charge in [-0.25, -0.2) is 0 Å². The van der Waals surface area contributed by atoms with Crippen molar-refractivity contribution in [2.45, 2.75) is 32.6 Å². The zero-order chi connectivity index (χ0) is 10.8. The first-order valence-corrected chi connectivity index (χ1v) is 4.58. The second-order valence-corrected chi connectivity index (χ2v) is 2.75. The number of nitrogens with zero attached hydrogens (tertiary/aromatic N) is 2. The largest absolute Gasteiger partial charge is 0.505 e. The Kier molecular flexibility index (Phi) is 7.15. The SMILES string of the molecule is CCOC(=O)CCCC/C(O)=C/[N+]#N. The topological polar surface area (TPSA) is 74.7 Å². The number of carbonyl (C=O) groups excluding carboxylic acids is 1. The predicted octanol–water partition coefficient (Wildman–Crippen LogP) is 2.36. The fourth-order valence-electron chi connectivity index (χ4n) is 0.940. The molecule has 0 aliphatic carbocycles. The van der Waals surface area contributed by atoms with Gasteiger partial charge in [0.25, 0.3) is 0 Å². The van der Waals surface area contributed by atoms with Crippen molar-refractivity contribution >= 4 is 5.97 Å². The van der Waals surface area contributed by atoms with Crippen molar-refractivity contribution in [1.29, 1.82) is 5.39 Å². The normalized spacial score (nSPS) is 10.7. The molecule has 0 aliphatic rings. The smallest absolute Gasteiger partial charge is 0.387 e. The third kappa shape index (κ3) is 7.10. The van der Waals surface area contributed by atoms with Gasteiger partial charge in [0, 0.05) is 12.8 Å². The molecule has 0 atom stereocenters. The summed E-state index contributed by atoms with van der Waals surface area (Å²) in [6, 6.07) is 0. The highest BCUT2D eigenvalue weighted by Gasteiger charge is 2.03. The average Bonchev–Trinajstić information content (AvgIpc) is 2.13. The van der Waals surface area contributed by atoms with E-state index in [1.54, 1.807) is 6.92 Å². The number of unbranched alkanes of at least 4 members (excludes halogenated alkanes) is 1. The van der Waals surface area contributed by atoms with Crippen LogP contribution < -0.4 is 0 Å². The molecule has 0 aliphatic heterocycles. The number of hydrogen-bond acceptors (Lipinski definition) is 4. The molecule has 0 saturated carbocycles. The lowest BCUT2D eigenvalue weighted by molar-refractivity contribution is -0.143. The van der Waals surface area contributed by atoms with E-state index in [1.807, 2.05) is 0 Å². The Bertz CT molecular complexity index is 243. The molecule has 5 nitrogen and oxygen atoms in total. The summed E-state index contributed by atoms with van der Waals surface area (Å²) in [6.45, 7) is 2.16. The van der Waals surface area contributed by atoms with Crippen molar-refractivity contribution < 1.29 is 14.6 Å². The molecule has 0 aromatic heterocycles. The van der Waals surface area contributed by atoms with Gasteiger partial charge in [-0.3, -0.25) is 4.79 Å². The van der Waals surface area contributed by atoms with Crippen molar-refractivity contribution in [2.24, 2.45) is 0 Å². The minimum atomic E-state index is -0.220. The fourth-order valence-corrected chi connectivity index (χ4v) is 0.940. The summed E-state index contributed by atoms with van der Waals surface area (Å²) in [5, 5.41) is 17.1. The third-order valence-corrected chi connectivity index (χ3v) is 1.58. The Hall–Kier alpha value is -1.57. The van der Waals surface area contributed by atoms with E-state index >= 15 is 0 Å². The minimum absolute atomic E-state index is 0.0105. The van der Waals surface area contributed by atoms with E-state index in [1.165, 1.54) is 0 Å². The Morgan fingerprint density at radius 2 is 2.14 bits per heavy atom. The predicted molar refractivity (Wildman–Crippen MR) is 50.9 cm³/mol. The quantitative estimate of drug-likeness (QED) is 0.308. The number of aliphatic hydroxyl groups excluding tert-OH is 1. The molecule has 0 unspecified atom stereocenters. The molecule has 0 radical (unpaired) electrons. The molecule has 1 N–H and O–H groups in total. The lowest BCUT2D eigenvalue weighted by atomic mass is 10.2. The van der Waals surface area contributed by atoms with E-state index in [2.05, 4.69) is 4.98 Å². The van der Waals surface area contributed by atoms with E-state index in [9.17, 15) is 4.79 Å². The number of esters is 1. The zero-order valence-corrected chi connectivity index (χ0v) is 8.27. The Morgan fingerprint density at radius 3 is 2.71 bits per heavy atom. The van der Waals surface area contributed by atoms with E-state index in [0.29, 0.717) is 32.3 Å². The highest BCUT2D eigenvalue weighted by Crippen LogP contribution is 2.06. The highest BCUT2D eigenvalue weighted by molar-refractivity contribution is 5.69. The Balaban J connectivity index is 3.43. The van der Waals surface area contributed by atoms with Crippen molar-refractivity contribution in [3.8, 4) is 0 Å². The molecule has 0 aromatic carbocycles. The van der Waals surface area contributed by atoms with E-state index in [4.69, 9.17) is 15.2 Å². The van der Waals surface area contributed by atoms with Gasteiger partial charge in [0.2, 0.25) is 5.39 Å². The van der Waals surface area contributed by atoms with Crippen LogP contribution in [0.25, 0.3) is 4.98 Å². The summed E-state index contributed by atoms with van der Waals surface area (Å²) < 4.78 is 4.72. The van der Waals surface area contributed by atoms with Gasteiger partial charge in [-0.05, 0) is 19.8 Å². The first-order chi connectivity index (χ1) is 6.70. The monoisotopic (exact) mass is 199 g/mol. The molecule has 0 fully saturated rings. The second kappa shape index (κ2) is 8.05. The van der Waals surface area contributed by atoms with Gasteiger partial charge in [-0.1, -0.05) is 0 Å². The number of ether oxygens (including phenoxy) is 1. The van der Waals surface area contributed by atoms with Gasteiger partial charge in [0.15, 0.2) is 10.7 Å². The maximum Gasteiger partial charge on any atom is 0.387 e. The van der Waals surface area contributed by atoms with E-state index in [0.717, 1.165) is 6.20 Å². The van der Waals surface area contributed by atoms with Crippen LogP contribution in [0.1, 0.15) is 32.6 Å². The van der Waals surface area contributed by atoms with Crippen LogP contribution in [-0.4, -0.2) is 17.7 Å². The van der Waals surface area contributed by atoms with Crippen LogP contribution in [0, 0.1) is 5.39 Å². The number of diazo groups is 1. The van der Waals surface area contributed by atoms with Crippen molar-refractivity contribution in [2.75, 3.05) is 6.61 Å². The highest BCUT2D eigenvalue weighted by atomic mass is 16.5. The molecule has 5 heteroatoms. The first kappa shape index (κ1) is 12.4. The lowest BCUT2D eigenvalue weighted by Gasteiger charge is -2.00. The maximum atomic E-state index is 10.9. The number of allylic oxidation sites excluding steroid dienone is 1. The molecule has 0 amide bonds. The van der Waals surface area contributed by atoms with E-state index in [-0.39, 0.29) is 11.7 Å². The summed E-state index contributed by atoms with van der Waals surface area (Å²) in [4.78, 5) is 13.5. The van der Waals surface area contributed by atoms with Crippen molar-refractivity contribution in [3.05, 3.63) is 16.9 Å². The fraction of sp³-hybridized carbons (Fsp3) is 0.667. The van der Waals surface area contributed by atoms with Gasteiger partial charge >= 0.3 is 12.2 Å². The zero-order valence-electron chi connectivity index (χ0n) is 8.27. The number of hydrogen-bond donors (Lipinski definition) is 1. The summed E-state index contributed by atoms with van der Waals surface area (Å²) in [5.41, 5.74) is 0. The number of aliphatic hydroxyl groups is 1. The Labute approximate surface area is 83.0 Å². The lowest BCUT2D eigenvalue weighted by Crippen LogP contribution is -2.03. The number of carbonyl (C=O) groups is 1. The van der Waals surface area contributed by atoms with Crippen LogP contribution in [-0.2, 0) is 9.53 Å². The maximum absolute atomic E-state index is 10.9. The standard InChI is InChI=1S/C9H14N2O3/c1-2-14-9(13)6-4-3-5-8(12)7-11-10/h7H,2-6H2,1H3/p+1/b8-7-. The van der Waals surface area contributed by atoms with Gasteiger partial charge in [-0.2, -0.15) is 0 Å². The first-order valence-electron chi connectivity index (χ1n) is 4.58. The molecule has 14 heavy (non-hydrogen) atoms. The molecule has 0 bridgehead atoms. The number of rotatable bonds is 6. The third-order valence-electron chi connectivity index (χ3n) is 1.58.